The standard InChI is InChI=1S/C19H25N3O/c1-21(2)13-12-20-19(23)17-10-7-11-18(14-17)22(3)15-16-8-5-4-6-9-16/h4-11,14H,12-13,15H2,1-3H3,(H,20,23). The van der Waals surface area contributed by atoms with Gasteiger partial charge in [-0.1, -0.05) is 36.4 Å². The Kier molecular flexibility index (Phi) is 6.18. The van der Waals surface area contributed by atoms with Gasteiger partial charge in [0.2, 0.25) is 0 Å². The van der Waals surface area contributed by atoms with Crippen LogP contribution in [0, 0.1) is 0 Å². The molecule has 1 amide bonds. The van der Waals surface area contributed by atoms with Crippen LogP contribution in [0.3, 0.4) is 0 Å². The molecule has 0 heterocycles. The predicted octanol–water partition coefficient (Wildman–Crippen LogP) is 2.61. The summed E-state index contributed by atoms with van der Waals surface area (Å²) in [6.45, 7) is 2.29. The second-order valence-corrected chi connectivity index (χ2v) is 5.95. The van der Waals surface area contributed by atoms with Gasteiger partial charge in [0.05, 0.1) is 0 Å². The Labute approximate surface area is 138 Å². The number of anilines is 1. The molecule has 4 heteroatoms. The van der Waals surface area contributed by atoms with Gasteiger partial charge >= 0.3 is 0 Å². The Balaban J connectivity index is 1.99. The highest BCUT2D eigenvalue weighted by Gasteiger charge is 2.08. The number of benzene rings is 2. The largest absolute Gasteiger partial charge is 0.370 e. The maximum atomic E-state index is 12.2. The summed E-state index contributed by atoms with van der Waals surface area (Å²) in [7, 11) is 6.02. The molecule has 122 valence electrons. The molecule has 23 heavy (non-hydrogen) atoms. The second kappa shape index (κ2) is 8.34. The average Bonchev–Trinajstić information content (AvgIpc) is 2.55. The van der Waals surface area contributed by atoms with E-state index in [1.165, 1.54) is 5.56 Å². The zero-order valence-electron chi connectivity index (χ0n) is 14.1. The minimum Gasteiger partial charge on any atom is -0.370 e. The average molecular weight is 311 g/mol. The van der Waals surface area contributed by atoms with E-state index in [1.54, 1.807) is 0 Å². The summed E-state index contributed by atoms with van der Waals surface area (Å²) in [5.41, 5.74) is 2.98. The Hall–Kier alpha value is -2.33. The monoisotopic (exact) mass is 311 g/mol. The van der Waals surface area contributed by atoms with Gasteiger partial charge in [0.15, 0.2) is 0 Å². The molecule has 0 aliphatic rings. The van der Waals surface area contributed by atoms with Crippen molar-refractivity contribution in [2.45, 2.75) is 6.54 Å². The molecule has 2 aromatic carbocycles. The van der Waals surface area contributed by atoms with Gasteiger partial charge in [-0.05, 0) is 37.9 Å². The van der Waals surface area contributed by atoms with Crippen LogP contribution in [0.5, 0.6) is 0 Å². The van der Waals surface area contributed by atoms with Crippen LogP contribution in [0.1, 0.15) is 15.9 Å². The van der Waals surface area contributed by atoms with Crippen molar-refractivity contribution in [2.75, 3.05) is 39.1 Å². The van der Waals surface area contributed by atoms with Gasteiger partial charge in [0.25, 0.3) is 5.91 Å². The number of carbonyl (C=O) groups excluding carboxylic acids is 1. The first-order valence-electron chi connectivity index (χ1n) is 7.84. The van der Waals surface area contributed by atoms with E-state index in [4.69, 9.17) is 0 Å². The number of nitrogens with zero attached hydrogens (tertiary/aromatic N) is 2. The van der Waals surface area contributed by atoms with Crippen LogP contribution < -0.4 is 10.2 Å². The molecule has 2 aromatic rings. The molecular weight excluding hydrogens is 286 g/mol. The van der Waals surface area contributed by atoms with Crippen molar-refractivity contribution in [1.29, 1.82) is 0 Å². The van der Waals surface area contributed by atoms with Crippen molar-refractivity contribution in [1.82, 2.24) is 10.2 Å². The fourth-order valence-corrected chi connectivity index (χ4v) is 2.33. The summed E-state index contributed by atoms with van der Waals surface area (Å²) in [5, 5.41) is 2.95. The van der Waals surface area contributed by atoms with Crippen LogP contribution in [0.15, 0.2) is 54.6 Å². The highest BCUT2D eigenvalue weighted by atomic mass is 16.1. The van der Waals surface area contributed by atoms with Crippen molar-refractivity contribution in [2.24, 2.45) is 0 Å². The van der Waals surface area contributed by atoms with Crippen molar-refractivity contribution in [3.8, 4) is 0 Å². The van der Waals surface area contributed by atoms with E-state index in [1.807, 2.05) is 68.5 Å². The maximum absolute atomic E-state index is 12.2. The number of nitrogens with one attached hydrogen (secondary N) is 1. The fourth-order valence-electron chi connectivity index (χ4n) is 2.33. The molecule has 0 radical (unpaired) electrons. The van der Waals surface area contributed by atoms with Crippen molar-refractivity contribution in [3.05, 3.63) is 65.7 Å². The van der Waals surface area contributed by atoms with Crippen LogP contribution in [-0.2, 0) is 6.54 Å². The first kappa shape index (κ1) is 17.0. The number of rotatable bonds is 7. The normalized spacial score (nSPS) is 10.6. The molecule has 4 nitrogen and oxygen atoms in total. The minimum absolute atomic E-state index is 0.0261. The van der Waals surface area contributed by atoms with Gasteiger partial charge in [0.1, 0.15) is 0 Å². The van der Waals surface area contributed by atoms with Gasteiger partial charge in [-0.2, -0.15) is 0 Å². The summed E-state index contributed by atoms with van der Waals surface area (Å²) >= 11 is 0. The molecular formula is C19H25N3O. The lowest BCUT2D eigenvalue weighted by Crippen LogP contribution is -2.31. The molecule has 1 N–H and O–H groups in total. The lowest BCUT2D eigenvalue weighted by molar-refractivity contribution is 0.0951. The van der Waals surface area contributed by atoms with Crippen LogP contribution >= 0.6 is 0 Å². The highest BCUT2D eigenvalue weighted by Crippen LogP contribution is 2.17. The third kappa shape index (κ3) is 5.42. The summed E-state index contributed by atoms with van der Waals surface area (Å²) < 4.78 is 0. The number of amides is 1. The van der Waals surface area contributed by atoms with E-state index in [0.29, 0.717) is 12.1 Å². The third-order valence-electron chi connectivity index (χ3n) is 3.66. The van der Waals surface area contributed by atoms with Gasteiger partial charge in [-0.3, -0.25) is 4.79 Å². The molecule has 0 unspecified atom stereocenters. The second-order valence-electron chi connectivity index (χ2n) is 5.95. The lowest BCUT2D eigenvalue weighted by Gasteiger charge is -2.20. The van der Waals surface area contributed by atoms with E-state index in [2.05, 4.69) is 22.3 Å². The quantitative estimate of drug-likeness (QED) is 0.854. The smallest absolute Gasteiger partial charge is 0.251 e. The zero-order chi connectivity index (χ0) is 16.7. The van der Waals surface area contributed by atoms with E-state index >= 15 is 0 Å². The summed E-state index contributed by atoms with van der Waals surface area (Å²) in [6.07, 6.45) is 0. The summed E-state index contributed by atoms with van der Waals surface area (Å²) in [4.78, 5) is 16.4. The first-order chi connectivity index (χ1) is 11.1. The molecule has 0 bridgehead atoms. The Morgan fingerprint density at radius 2 is 1.74 bits per heavy atom. The Morgan fingerprint density at radius 1 is 1.00 bits per heavy atom. The minimum atomic E-state index is -0.0261. The fraction of sp³-hybridized carbons (Fsp3) is 0.316. The number of carbonyl (C=O) groups is 1. The van der Waals surface area contributed by atoms with Crippen molar-refractivity contribution >= 4 is 11.6 Å². The molecule has 0 saturated heterocycles. The zero-order valence-corrected chi connectivity index (χ0v) is 14.1. The van der Waals surface area contributed by atoms with Crippen LogP contribution in [-0.4, -0.2) is 45.0 Å². The molecule has 2 rings (SSSR count). The maximum Gasteiger partial charge on any atom is 0.251 e. The van der Waals surface area contributed by atoms with E-state index in [-0.39, 0.29) is 5.91 Å². The number of likely N-dealkylation sites (N-methyl/N-ethyl adjacent to an activating group) is 1. The molecule has 0 aliphatic heterocycles. The number of hydrogen-bond acceptors (Lipinski definition) is 3. The van der Waals surface area contributed by atoms with E-state index < -0.39 is 0 Å². The van der Waals surface area contributed by atoms with Gasteiger partial charge in [0, 0.05) is 37.9 Å². The van der Waals surface area contributed by atoms with Crippen molar-refractivity contribution < 1.29 is 4.79 Å². The van der Waals surface area contributed by atoms with Crippen LogP contribution in [0.4, 0.5) is 5.69 Å². The Morgan fingerprint density at radius 3 is 2.43 bits per heavy atom. The highest BCUT2D eigenvalue weighted by molar-refractivity contribution is 5.95. The first-order valence-corrected chi connectivity index (χ1v) is 7.84. The number of hydrogen-bond donors (Lipinski definition) is 1. The Bertz CT molecular complexity index is 626. The molecule has 0 aromatic heterocycles. The molecule has 0 aliphatic carbocycles. The predicted molar refractivity (Wildman–Crippen MR) is 95.9 cm³/mol. The van der Waals surface area contributed by atoms with E-state index in [9.17, 15) is 4.79 Å². The van der Waals surface area contributed by atoms with Gasteiger partial charge < -0.3 is 15.1 Å². The van der Waals surface area contributed by atoms with Crippen molar-refractivity contribution in [3.63, 3.8) is 0 Å². The molecule has 0 spiro atoms. The summed E-state index contributed by atoms with van der Waals surface area (Å²) in [6, 6.07) is 18.1. The molecule has 0 saturated carbocycles. The SMILES string of the molecule is CN(C)CCNC(=O)c1cccc(N(C)Cc2ccccc2)c1. The molecule has 0 fully saturated rings. The van der Waals surface area contributed by atoms with Crippen LogP contribution in [0.25, 0.3) is 0 Å². The molecule has 0 atom stereocenters. The van der Waals surface area contributed by atoms with Crippen LogP contribution in [0.2, 0.25) is 0 Å². The lowest BCUT2D eigenvalue weighted by atomic mass is 10.1. The topological polar surface area (TPSA) is 35.6 Å². The summed E-state index contributed by atoms with van der Waals surface area (Å²) in [5.74, 6) is -0.0261. The third-order valence-corrected chi connectivity index (χ3v) is 3.66. The van der Waals surface area contributed by atoms with Gasteiger partial charge in [-0.15, -0.1) is 0 Å². The van der Waals surface area contributed by atoms with Gasteiger partial charge in [-0.25, -0.2) is 0 Å². The van der Waals surface area contributed by atoms with E-state index in [0.717, 1.165) is 18.8 Å².